The summed E-state index contributed by atoms with van der Waals surface area (Å²) in [6.07, 6.45) is 2.57. The van der Waals surface area contributed by atoms with Crippen LogP contribution in [0.25, 0.3) is 11.4 Å². The van der Waals surface area contributed by atoms with E-state index in [1.807, 2.05) is 23.7 Å². The molecule has 0 saturated carbocycles. The van der Waals surface area contributed by atoms with E-state index in [1.54, 1.807) is 6.33 Å². The predicted molar refractivity (Wildman–Crippen MR) is 118 cm³/mol. The monoisotopic (exact) mass is 423 g/mol. The molecule has 1 N–H and O–H groups in total. The molecule has 0 spiro atoms. The van der Waals surface area contributed by atoms with Crippen LogP contribution in [-0.4, -0.2) is 41.1 Å². The van der Waals surface area contributed by atoms with Gasteiger partial charge in [0.15, 0.2) is 5.82 Å². The second-order valence-electron chi connectivity index (χ2n) is 7.13. The number of hydrogen-bond acceptors (Lipinski definition) is 7. The van der Waals surface area contributed by atoms with Gasteiger partial charge in [-0.05, 0) is 41.3 Å². The summed E-state index contributed by atoms with van der Waals surface area (Å²) in [5.41, 5.74) is 4.54. The van der Waals surface area contributed by atoms with Gasteiger partial charge in [-0.3, -0.25) is 0 Å². The molecule has 2 aromatic heterocycles. The number of aromatic nitrogens is 7. The molecule has 0 bridgehead atoms. The molecule has 0 aliphatic heterocycles. The minimum Gasteiger partial charge on any atom is -0.248 e. The molecule has 0 radical (unpaired) electrons. The van der Waals surface area contributed by atoms with Gasteiger partial charge >= 0.3 is 0 Å². The fraction of sp³-hybridized carbons (Fsp3) is 0.250. The van der Waals surface area contributed by atoms with E-state index in [0.29, 0.717) is 23.9 Å². The van der Waals surface area contributed by atoms with Crippen molar-refractivity contribution in [2.24, 2.45) is 0 Å². The van der Waals surface area contributed by atoms with E-state index in [4.69, 9.17) is 0 Å². The molecule has 9 heteroatoms. The Kier molecular flexibility index (Phi) is 5.68. The third kappa shape index (κ3) is 4.68. The Morgan fingerprint density at radius 3 is 2.59 bits per heavy atom. The fourth-order valence-electron chi connectivity index (χ4n) is 2.98. The number of hydrogen-bond donors (Lipinski definition) is 3. The van der Waals surface area contributed by atoms with Crippen LogP contribution in [-0.2, 0) is 17.7 Å². The highest BCUT2D eigenvalue weighted by molar-refractivity contribution is 7.85. The lowest BCUT2D eigenvalue weighted by Gasteiger charge is -2.15. The van der Waals surface area contributed by atoms with Gasteiger partial charge in [-0.25, -0.2) is 9.67 Å². The highest BCUT2D eigenvalue weighted by Crippen LogP contribution is 2.25. The van der Waals surface area contributed by atoms with Crippen LogP contribution in [0.2, 0.25) is 0 Å². The molecule has 2 heterocycles. The van der Waals surface area contributed by atoms with E-state index in [1.165, 1.54) is 11.1 Å². The first-order valence-corrected chi connectivity index (χ1v) is 10.3. The van der Waals surface area contributed by atoms with E-state index < -0.39 is 4.75 Å². The van der Waals surface area contributed by atoms with Crippen LogP contribution in [0.3, 0.4) is 0 Å². The van der Waals surface area contributed by atoms with Crippen LogP contribution in [0, 0.1) is 0 Å². The highest BCUT2D eigenvalue weighted by Gasteiger charge is 2.24. The zero-order chi connectivity index (χ0) is 20.3. The van der Waals surface area contributed by atoms with Gasteiger partial charge in [0.1, 0.15) is 6.33 Å². The summed E-state index contributed by atoms with van der Waals surface area (Å²) in [6.45, 7) is 2.63. The van der Waals surface area contributed by atoms with Gasteiger partial charge in [-0.1, -0.05) is 42.5 Å². The topological polar surface area (TPSA) is 85.2 Å². The summed E-state index contributed by atoms with van der Waals surface area (Å²) in [5.74, 6) is 1.86. The van der Waals surface area contributed by atoms with Crippen molar-refractivity contribution >= 4 is 25.3 Å². The molecule has 4 rings (SSSR count). The Hall–Kier alpha value is -2.65. The number of nitrogens with zero attached hydrogens (tertiary/aromatic N) is 6. The summed E-state index contributed by atoms with van der Waals surface area (Å²) in [5, 5.41) is 18.7. The van der Waals surface area contributed by atoms with Crippen LogP contribution >= 0.6 is 25.3 Å². The first kappa shape index (κ1) is 19.7. The molecular formula is C20H21N7S2. The maximum atomic E-state index is 4.58. The van der Waals surface area contributed by atoms with Crippen molar-refractivity contribution in [3.05, 3.63) is 77.4 Å². The molecule has 1 atom stereocenters. The van der Waals surface area contributed by atoms with E-state index in [0.717, 1.165) is 17.5 Å². The number of aromatic amines is 1. The lowest BCUT2D eigenvalue weighted by atomic mass is 10.0. The molecule has 0 fully saturated rings. The SMILES string of the molecule is CC(S)(CS)c1ncn(Cc2ccc(Cc3cccc(-c4nn[nH]n4)c3)cc2)n1. The molecule has 0 amide bonds. The van der Waals surface area contributed by atoms with Crippen LogP contribution < -0.4 is 0 Å². The first-order valence-electron chi connectivity index (χ1n) is 9.17. The largest absolute Gasteiger partial charge is 0.248 e. The maximum Gasteiger partial charge on any atom is 0.204 e. The van der Waals surface area contributed by atoms with E-state index in [-0.39, 0.29) is 0 Å². The number of rotatable bonds is 7. The minimum absolute atomic E-state index is 0.436. The summed E-state index contributed by atoms with van der Waals surface area (Å²) in [4.78, 5) is 4.37. The van der Waals surface area contributed by atoms with Gasteiger partial charge in [0.25, 0.3) is 0 Å². The second kappa shape index (κ2) is 8.38. The molecule has 0 saturated heterocycles. The Morgan fingerprint density at radius 2 is 1.86 bits per heavy atom. The summed E-state index contributed by atoms with van der Waals surface area (Å²) in [7, 11) is 0. The fourth-order valence-corrected chi connectivity index (χ4v) is 3.22. The van der Waals surface area contributed by atoms with Crippen LogP contribution in [0.1, 0.15) is 29.4 Å². The Morgan fingerprint density at radius 1 is 1.07 bits per heavy atom. The smallest absolute Gasteiger partial charge is 0.204 e. The Labute approximate surface area is 179 Å². The van der Waals surface area contributed by atoms with Gasteiger partial charge in [-0.2, -0.15) is 35.6 Å². The number of H-pyrrole nitrogens is 1. The van der Waals surface area contributed by atoms with Crippen molar-refractivity contribution < 1.29 is 0 Å². The van der Waals surface area contributed by atoms with Crippen molar-refractivity contribution in [2.75, 3.05) is 5.75 Å². The molecule has 7 nitrogen and oxygen atoms in total. The molecule has 1 unspecified atom stereocenters. The normalized spacial score (nSPS) is 13.3. The van der Waals surface area contributed by atoms with Gasteiger partial charge in [0.2, 0.25) is 5.82 Å². The average Bonchev–Trinajstić information content (AvgIpc) is 3.42. The quantitative estimate of drug-likeness (QED) is 0.398. The van der Waals surface area contributed by atoms with Gasteiger partial charge in [0.05, 0.1) is 11.3 Å². The lowest BCUT2D eigenvalue weighted by Crippen LogP contribution is -2.18. The van der Waals surface area contributed by atoms with Crippen molar-refractivity contribution in [3.8, 4) is 11.4 Å². The molecule has 0 aliphatic carbocycles. The predicted octanol–water partition coefficient (Wildman–Crippen LogP) is 3.17. The maximum absolute atomic E-state index is 4.58. The number of benzene rings is 2. The van der Waals surface area contributed by atoms with Crippen molar-refractivity contribution in [1.82, 2.24) is 35.4 Å². The molecule has 4 aromatic rings. The summed E-state index contributed by atoms with van der Waals surface area (Å²) in [6, 6.07) is 16.7. The van der Waals surface area contributed by atoms with Crippen molar-refractivity contribution in [1.29, 1.82) is 0 Å². The second-order valence-corrected chi connectivity index (χ2v) is 8.43. The van der Waals surface area contributed by atoms with E-state index >= 15 is 0 Å². The third-order valence-electron chi connectivity index (χ3n) is 4.63. The standard InChI is InChI=1S/C20H21N7S2/c1-20(29,12-28)19-21-13-27(24-19)11-15-7-5-14(6-8-15)9-16-3-2-4-17(10-16)18-22-25-26-23-18/h2-8,10,13,28-29H,9,11-12H2,1H3,(H,22,23,25,26). The Bertz CT molecular complexity index is 1070. The highest BCUT2D eigenvalue weighted by atomic mass is 32.1. The average molecular weight is 424 g/mol. The summed E-state index contributed by atoms with van der Waals surface area (Å²) >= 11 is 8.89. The minimum atomic E-state index is -0.436. The van der Waals surface area contributed by atoms with E-state index in [2.05, 4.69) is 92.4 Å². The van der Waals surface area contributed by atoms with Crippen molar-refractivity contribution in [3.63, 3.8) is 0 Å². The third-order valence-corrected chi connectivity index (χ3v) is 5.87. The van der Waals surface area contributed by atoms with Crippen LogP contribution in [0.4, 0.5) is 0 Å². The van der Waals surface area contributed by atoms with E-state index in [9.17, 15) is 0 Å². The summed E-state index contributed by atoms with van der Waals surface area (Å²) < 4.78 is 1.39. The molecule has 29 heavy (non-hydrogen) atoms. The van der Waals surface area contributed by atoms with Gasteiger partial charge in [-0.15, -0.1) is 10.2 Å². The molecule has 2 aromatic carbocycles. The molecular weight excluding hydrogens is 402 g/mol. The zero-order valence-electron chi connectivity index (χ0n) is 15.9. The number of thiol groups is 2. The van der Waals surface area contributed by atoms with Crippen LogP contribution in [0.5, 0.6) is 0 Å². The number of tetrazole rings is 1. The van der Waals surface area contributed by atoms with Crippen molar-refractivity contribution in [2.45, 2.75) is 24.6 Å². The van der Waals surface area contributed by atoms with Gasteiger partial charge in [0, 0.05) is 11.3 Å². The molecule has 0 aliphatic rings. The molecule has 148 valence electrons. The van der Waals surface area contributed by atoms with Gasteiger partial charge < -0.3 is 0 Å². The lowest BCUT2D eigenvalue weighted by molar-refractivity contribution is 0.645. The number of nitrogens with one attached hydrogen (secondary N) is 1. The van der Waals surface area contributed by atoms with Crippen LogP contribution in [0.15, 0.2) is 54.9 Å². The first-order chi connectivity index (χ1) is 14.0. The Balaban J connectivity index is 1.43. The zero-order valence-corrected chi connectivity index (χ0v) is 17.7.